The maximum absolute atomic E-state index is 11.1. The highest BCUT2D eigenvalue weighted by Crippen LogP contribution is 2.28. The summed E-state index contributed by atoms with van der Waals surface area (Å²) >= 11 is 0. The van der Waals surface area contributed by atoms with Gasteiger partial charge in [0.25, 0.3) is 5.69 Å². The third-order valence-corrected chi connectivity index (χ3v) is 3.02. The molecule has 0 aromatic heterocycles. The van der Waals surface area contributed by atoms with E-state index in [2.05, 4.69) is 5.32 Å². The molecule has 0 bridgehead atoms. The SMILES string of the molecule is CC(C)(CCO)CNc1cc(C(N)=O)ccc1[N+](=O)[O-]. The van der Waals surface area contributed by atoms with Crippen molar-refractivity contribution >= 4 is 17.3 Å². The maximum Gasteiger partial charge on any atom is 0.292 e. The minimum atomic E-state index is -0.641. The summed E-state index contributed by atoms with van der Waals surface area (Å²) in [4.78, 5) is 21.6. The van der Waals surface area contributed by atoms with E-state index in [0.29, 0.717) is 13.0 Å². The zero-order valence-electron chi connectivity index (χ0n) is 11.5. The molecular weight excluding hydrogens is 262 g/mol. The Morgan fingerprint density at radius 2 is 2.15 bits per heavy atom. The van der Waals surface area contributed by atoms with Crippen LogP contribution >= 0.6 is 0 Å². The largest absolute Gasteiger partial charge is 0.396 e. The molecule has 1 aromatic rings. The number of carbonyl (C=O) groups is 1. The van der Waals surface area contributed by atoms with Gasteiger partial charge in [-0.3, -0.25) is 14.9 Å². The average molecular weight is 281 g/mol. The molecule has 1 amide bonds. The molecule has 7 heteroatoms. The number of amides is 1. The summed E-state index contributed by atoms with van der Waals surface area (Å²) in [5, 5.41) is 22.9. The van der Waals surface area contributed by atoms with Gasteiger partial charge in [-0.25, -0.2) is 0 Å². The number of hydrogen-bond acceptors (Lipinski definition) is 5. The van der Waals surface area contributed by atoms with Gasteiger partial charge in [0.2, 0.25) is 5.91 Å². The lowest BCUT2D eigenvalue weighted by molar-refractivity contribution is -0.384. The lowest BCUT2D eigenvalue weighted by Gasteiger charge is -2.24. The monoisotopic (exact) mass is 281 g/mol. The molecule has 0 atom stereocenters. The Bertz CT molecular complexity index is 514. The van der Waals surface area contributed by atoms with E-state index in [0.717, 1.165) is 0 Å². The third kappa shape index (κ3) is 4.20. The molecular formula is C13H19N3O4. The molecule has 0 heterocycles. The smallest absolute Gasteiger partial charge is 0.292 e. The Morgan fingerprint density at radius 3 is 2.65 bits per heavy atom. The zero-order chi connectivity index (χ0) is 15.3. The molecule has 1 rings (SSSR count). The molecule has 4 N–H and O–H groups in total. The number of benzene rings is 1. The number of aliphatic hydroxyl groups is 1. The molecule has 0 aliphatic rings. The van der Waals surface area contributed by atoms with E-state index in [1.807, 2.05) is 13.8 Å². The van der Waals surface area contributed by atoms with Crippen molar-refractivity contribution in [2.45, 2.75) is 20.3 Å². The Labute approximate surface area is 116 Å². The van der Waals surface area contributed by atoms with E-state index in [9.17, 15) is 14.9 Å². The summed E-state index contributed by atoms with van der Waals surface area (Å²) in [7, 11) is 0. The first-order valence-corrected chi connectivity index (χ1v) is 6.20. The number of carbonyl (C=O) groups excluding carboxylic acids is 1. The van der Waals surface area contributed by atoms with E-state index >= 15 is 0 Å². The molecule has 0 fully saturated rings. The number of nitrogens with one attached hydrogen (secondary N) is 1. The molecule has 0 aliphatic carbocycles. The van der Waals surface area contributed by atoms with E-state index in [1.165, 1.54) is 18.2 Å². The molecule has 0 aliphatic heterocycles. The normalized spacial score (nSPS) is 11.2. The number of rotatable bonds is 7. The quantitative estimate of drug-likeness (QED) is 0.517. The van der Waals surface area contributed by atoms with Gasteiger partial charge >= 0.3 is 0 Å². The van der Waals surface area contributed by atoms with Crippen molar-refractivity contribution in [3.8, 4) is 0 Å². The lowest BCUT2D eigenvalue weighted by Crippen LogP contribution is -2.24. The molecule has 1 aromatic carbocycles. The van der Waals surface area contributed by atoms with Gasteiger partial charge in [0, 0.05) is 24.8 Å². The summed E-state index contributed by atoms with van der Waals surface area (Å²) in [6.07, 6.45) is 0.559. The van der Waals surface area contributed by atoms with E-state index in [1.54, 1.807) is 0 Å². The number of nitro benzene ring substituents is 1. The van der Waals surface area contributed by atoms with Crippen LogP contribution in [0.4, 0.5) is 11.4 Å². The first kappa shape index (κ1) is 15.9. The zero-order valence-corrected chi connectivity index (χ0v) is 11.5. The standard InChI is InChI=1S/C13H19N3O4/c1-13(2,5-6-17)8-15-10-7-9(12(14)18)3-4-11(10)16(19)20/h3-4,7,15,17H,5-6,8H2,1-2H3,(H2,14,18). The third-order valence-electron chi connectivity index (χ3n) is 3.02. The van der Waals surface area contributed by atoms with Crippen molar-refractivity contribution in [1.29, 1.82) is 0 Å². The van der Waals surface area contributed by atoms with Gasteiger partial charge in [-0.05, 0) is 24.0 Å². The highest BCUT2D eigenvalue weighted by Gasteiger charge is 2.20. The van der Waals surface area contributed by atoms with Gasteiger partial charge in [-0.15, -0.1) is 0 Å². The van der Waals surface area contributed by atoms with E-state index < -0.39 is 10.8 Å². The number of anilines is 1. The predicted octanol–water partition coefficient (Wildman–Crippen LogP) is 1.51. The molecule has 7 nitrogen and oxygen atoms in total. The number of nitrogens with two attached hydrogens (primary N) is 1. The number of aliphatic hydroxyl groups excluding tert-OH is 1. The van der Waals surface area contributed by atoms with Crippen molar-refractivity contribution in [1.82, 2.24) is 0 Å². The number of primary amides is 1. The first-order chi connectivity index (χ1) is 9.26. The molecule has 0 saturated carbocycles. The lowest BCUT2D eigenvalue weighted by atomic mass is 9.89. The van der Waals surface area contributed by atoms with Crippen LogP contribution in [0.15, 0.2) is 18.2 Å². The molecule has 110 valence electrons. The van der Waals surface area contributed by atoms with Crippen molar-refractivity contribution in [3.63, 3.8) is 0 Å². The van der Waals surface area contributed by atoms with Crippen molar-refractivity contribution in [3.05, 3.63) is 33.9 Å². The molecule has 0 saturated heterocycles. The fourth-order valence-corrected chi connectivity index (χ4v) is 1.72. The van der Waals surface area contributed by atoms with Crippen molar-refractivity contribution < 1.29 is 14.8 Å². The van der Waals surface area contributed by atoms with Crippen LogP contribution in [0.2, 0.25) is 0 Å². The average Bonchev–Trinajstić information content (AvgIpc) is 2.35. The van der Waals surface area contributed by atoms with E-state index in [4.69, 9.17) is 10.8 Å². The summed E-state index contributed by atoms with van der Waals surface area (Å²) in [5.74, 6) is -0.641. The van der Waals surface area contributed by atoms with Crippen LogP contribution in [0.25, 0.3) is 0 Å². The van der Waals surface area contributed by atoms with Crippen LogP contribution < -0.4 is 11.1 Å². The highest BCUT2D eigenvalue weighted by atomic mass is 16.6. The topological polar surface area (TPSA) is 118 Å². The minimum absolute atomic E-state index is 0.0398. The van der Waals surface area contributed by atoms with Gasteiger partial charge in [0.15, 0.2) is 0 Å². The molecule has 0 radical (unpaired) electrons. The van der Waals surface area contributed by atoms with Gasteiger partial charge in [0.05, 0.1) is 4.92 Å². The number of nitrogens with zero attached hydrogens (tertiary/aromatic N) is 1. The van der Waals surface area contributed by atoms with Gasteiger partial charge in [-0.1, -0.05) is 13.8 Å². The molecule has 0 unspecified atom stereocenters. The number of nitro groups is 1. The second-order valence-electron chi connectivity index (χ2n) is 5.34. The van der Waals surface area contributed by atoms with E-state index in [-0.39, 0.29) is 29.0 Å². The van der Waals surface area contributed by atoms with Gasteiger partial charge in [0.1, 0.15) is 5.69 Å². The van der Waals surface area contributed by atoms with Crippen LogP contribution in [-0.2, 0) is 0 Å². The van der Waals surface area contributed by atoms with Crippen LogP contribution in [0, 0.1) is 15.5 Å². The Balaban J connectivity index is 2.99. The number of hydrogen-bond donors (Lipinski definition) is 3. The Hall–Kier alpha value is -2.15. The Kier molecular flexibility index (Phi) is 5.04. The fourth-order valence-electron chi connectivity index (χ4n) is 1.72. The van der Waals surface area contributed by atoms with Crippen LogP contribution in [-0.4, -0.2) is 29.1 Å². The maximum atomic E-state index is 11.1. The second-order valence-corrected chi connectivity index (χ2v) is 5.34. The van der Waals surface area contributed by atoms with Crippen molar-refractivity contribution in [2.24, 2.45) is 11.1 Å². The summed E-state index contributed by atoms with van der Waals surface area (Å²) in [5.41, 5.74) is 5.28. The molecule has 20 heavy (non-hydrogen) atoms. The second kappa shape index (κ2) is 6.33. The van der Waals surface area contributed by atoms with Crippen LogP contribution in [0.3, 0.4) is 0 Å². The fraction of sp³-hybridized carbons (Fsp3) is 0.462. The summed E-state index contributed by atoms with van der Waals surface area (Å²) < 4.78 is 0. The minimum Gasteiger partial charge on any atom is -0.396 e. The molecule has 0 spiro atoms. The van der Waals surface area contributed by atoms with Crippen LogP contribution in [0.1, 0.15) is 30.6 Å². The van der Waals surface area contributed by atoms with Crippen molar-refractivity contribution in [2.75, 3.05) is 18.5 Å². The summed E-state index contributed by atoms with van der Waals surface area (Å²) in [6.45, 7) is 4.33. The van der Waals surface area contributed by atoms with Crippen LogP contribution in [0.5, 0.6) is 0 Å². The summed E-state index contributed by atoms with van der Waals surface area (Å²) in [6, 6.07) is 3.95. The van der Waals surface area contributed by atoms with Gasteiger partial charge < -0.3 is 16.2 Å². The highest BCUT2D eigenvalue weighted by molar-refractivity contribution is 5.94. The predicted molar refractivity (Wildman–Crippen MR) is 75.6 cm³/mol. The van der Waals surface area contributed by atoms with Gasteiger partial charge in [-0.2, -0.15) is 0 Å². The first-order valence-electron chi connectivity index (χ1n) is 6.20. The Morgan fingerprint density at radius 1 is 1.50 bits per heavy atom.